The number of rotatable bonds is 2. The van der Waals surface area contributed by atoms with E-state index in [1.807, 2.05) is 18.2 Å². The van der Waals surface area contributed by atoms with Gasteiger partial charge in [0.15, 0.2) is 0 Å². The van der Waals surface area contributed by atoms with Gasteiger partial charge < -0.3 is 5.11 Å². The molecule has 0 radical (unpaired) electrons. The summed E-state index contributed by atoms with van der Waals surface area (Å²) in [7, 11) is 0. The molecule has 0 aliphatic heterocycles. The van der Waals surface area contributed by atoms with Gasteiger partial charge in [-0.1, -0.05) is 41.5 Å². The highest BCUT2D eigenvalue weighted by atomic mass is 16.3. The molecule has 3 nitrogen and oxygen atoms in total. The largest absolute Gasteiger partial charge is 0.507 e. The maximum atomic E-state index is 10.4. The van der Waals surface area contributed by atoms with Crippen LogP contribution < -0.4 is 0 Å². The minimum Gasteiger partial charge on any atom is -0.507 e. The summed E-state index contributed by atoms with van der Waals surface area (Å²) in [6.45, 7) is 13.1. The molecule has 1 heterocycles. The van der Waals surface area contributed by atoms with Crippen molar-refractivity contribution in [1.29, 1.82) is 0 Å². The maximum Gasteiger partial charge on any atom is 0.124 e. The van der Waals surface area contributed by atoms with E-state index in [9.17, 15) is 5.11 Å². The first-order chi connectivity index (χ1) is 10.6. The van der Waals surface area contributed by atoms with Crippen LogP contribution in [-0.2, 0) is 10.8 Å². The Morgan fingerprint density at radius 2 is 1.61 bits per heavy atom. The minimum absolute atomic E-state index is 0.00674. The average Bonchev–Trinajstić information content (AvgIpc) is 2.44. The van der Waals surface area contributed by atoms with Crippen LogP contribution in [0.5, 0.6) is 5.75 Å². The SMILES string of the molecule is CC(C)(C)c1cc(O)c(C=Nc2cccnc2)cc1C(C)(C)C. The van der Waals surface area contributed by atoms with Crippen molar-refractivity contribution in [2.24, 2.45) is 4.99 Å². The molecule has 0 saturated heterocycles. The quantitative estimate of drug-likeness (QED) is 0.781. The smallest absolute Gasteiger partial charge is 0.124 e. The molecule has 0 amide bonds. The number of hydrogen-bond donors (Lipinski definition) is 1. The average molecular weight is 310 g/mol. The maximum absolute atomic E-state index is 10.4. The molecule has 0 aliphatic carbocycles. The topological polar surface area (TPSA) is 45.5 Å². The van der Waals surface area contributed by atoms with Crippen molar-refractivity contribution < 1.29 is 5.11 Å². The van der Waals surface area contributed by atoms with Gasteiger partial charge in [0, 0.05) is 18.0 Å². The second-order valence-corrected chi connectivity index (χ2v) is 7.93. The lowest BCUT2D eigenvalue weighted by atomic mass is 9.74. The third-order valence-corrected chi connectivity index (χ3v) is 3.78. The Kier molecular flexibility index (Phi) is 4.60. The minimum atomic E-state index is -0.0287. The number of hydrogen-bond acceptors (Lipinski definition) is 3. The summed E-state index contributed by atoms with van der Waals surface area (Å²) in [4.78, 5) is 8.45. The third kappa shape index (κ3) is 4.19. The standard InChI is InChI=1S/C20H26N2O/c1-19(2,3)16-10-14(12-22-15-8-7-9-21-13-15)18(23)11-17(16)20(4,5)6/h7-13,23H,1-6H3. The van der Waals surface area contributed by atoms with Gasteiger partial charge in [0.2, 0.25) is 0 Å². The molecule has 122 valence electrons. The van der Waals surface area contributed by atoms with Gasteiger partial charge in [-0.2, -0.15) is 0 Å². The number of nitrogens with zero attached hydrogens (tertiary/aromatic N) is 2. The first-order valence-electron chi connectivity index (χ1n) is 7.91. The molecule has 0 atom stereocenters. The van der Waals surface area contributed by atoms with E-state index in [0.717, 1.165) is 11.3 Å². The van der Waals surface area contributed by atoms with E-state index in [2.05, 4.69) is 57.6 Å². The molecule has 0 bridgehead atoms. The highest BCUT2D eigenvalue weighted by molar-refractivity contribution is 5.86. The van der Waals surface area contributed by atoms with Crippen LogP contribution in [0.25, 0.3) is 0 Å². The lowest BCUT2D eigenvalue weighted by Crippen LogP contribution is -2.22. The zero-order chi connectivity index (χ0) is 17.3. The van der Waals surface area contributed by atoms with Crippen molar-refractivity contribution in [2.75, 3.05) is 0 Å². The van der Waals surface area contributed by atoms with Crippen LogP contribution in [0.15, 0.2) is 41.7 Å². The molecule has 0 fully saturated rings. The summed E-state index contributed by atoms with van der Waals surface area (Å²) in [5.74, 6) is 0.260. The second kappa shape index (κ2) is 6.15. The summed E-state index contributed by atoms with van der Waals surface area (Å²) in [6, 6.07) is 7.66. The molecule has 0 spiro atoms. The molecular weight excluding hydrogens is 284 g/mol. The molecule has 0 saturated carbocycles. The molecule has 0 aliphatic rings. The van der Waals surface area contributed by atoms with E-state index in [0.29, 0.717) is 0 Å². The third-order valence-electron chi connectivity index (χ3n) is 3.78. The van der Waals surface area contributed by atoms with Gasteiger partial charge in [-0.3, -0.25) is 9.98 Å². The van der Waals surface area contributed by atoms with E-state index in [1.165, 1.54) is 11.1 Å². The fourth-order valence-electron chi connectivity index (χ4n) is 2.52. The number of pyridine rings is 1. The van der Waals surface area contributed by atoms with Gasteiger partial charge in [-0.25, -0.2) is 0 Å². The Balaban J connectivity index is 2.52. The molecule has 1 N–H and O–H groups in total. The van der Waals surface area contributed by atoms with Crippen molar-refractivity contribution >= 4 is 11.9 Å². The summed E-state index contributed by atoms with van der Waals surface area (Å²) >= 11 is 0. The fourth-order valence-corrected chi connectivity index (χ4v) is 2.52. The highest BCUT2D eigenvalue weighted by Gasteiger charge is 2.26. The van der Waals surface area contributed by atoms with Gasteiger partial charge in [-0.15, -0.1) is 0 Å². The van der Waals surface area contributed by atoms with Crippen LogP contribution in [-0.4, -0.2) is 16.3 Å². The summed E-state index contributed by atoms with van der Waals surface area (Å²) in [6.07, 6.45) is 5.11. The van der Waals surface area contributed by atoms with Gasteiger partial charge >= 0.3 is 0 Å². The van der Waals surface area contributed by atoms with Crippen LogP contribution in [0.3, 0.4) is 0 Å². The predicted molar refractivity (Wildman–Crippen MR) is 97.0 cm³/mol. The van der Waals surface area contributed by atoms with Crippen LogP contribution in [0.2, 0.25) is 0 Å². The molecule has 1 aromatic carbocycles. The van der Waals surface area contributed by atoms with Crippen LogP contribution in [0, 0.1) is 0 Å². The summed E-state index contributed by atoms with van der Waals surface area (Å²) in [5.41, 5.74) is 3.86. The number of phenolic OH excluding ortho intramolecular Hbond substituents is 1. The number of aliphatic imine (C=N–C) groups is 1. The first kappa shape index (κ1) is 17.2. The lowest BCUT2D eigenvalue weighted by Gasteiger charge is -2.30. The zero-order valence-corrected chi connectivity index (χ0v) is 14.9. The highest BCUT2D eigenvalue weighted by Crippen LogP contribution is 2.37. The monoisotopic (exact) mass is 310 g/mol. The molecule has 1 aromatic heterocycles. The molecule has 23 heavy (non-hydrogen) atoms. The van der Waals surface area contributed by atoms with Crippen LogP contribution >= 0.6 is 0 Å². The van der Waals surface area contributed by atoms with E-state index in [-0.39, 0.29) is 16.6 Å². The predicted octanol–water partition coefficient (Wildman–Crippen LogP) is 5.13. The summed E-state index contributed by atoms with van der Waals surface area (Å²) in [5, 5.41) is 10.4. The van der Waals surface area contributed by atoms with E-state index < -0.39 is 0 Å². The lowest BCUT2D eigenvalue weighted by molar-refractivity contribution is 0.465. The van der Waals surface area contributed by atoms with Gasteiger partial charge in [0.25, 0.3) is 0 Å². The Labute approximate surface area is 139 Å². The second-order valence-electron chi connectivity index (χ2n) is 7.93. The number of aromatic nitrogens is 1. The number of phenols is 1. The molecule has 0 unspecified atom stereocenters. The fraction of sp³-hybridized carbons (Fsp3) is 0.400. The van der Waals surface area contributed by atoms with Crippen molar-refractivity contribution in [3.8, 4) is 5.75 Å². The van der Waals surface area contributed by atoms with E-state index in [4.69, 9.17) is 0 Å². The normalized spacial score (nSPS) is 12.8. The van der Waals surface area contributed by atoms with Crippen LogP contribution in [0.4, 0.5) is 5.69 Å². The Bertz CT molecular complexity index is 705. The first-order valence-corrected chi connectivity index (χ1v) is 7.91. The van der Waals surface area contributed by atoms with Gasteiger partial charge in [-0.05, 0) is 46.2 Å². The number of aromatic hydroxyl groups is 1. The zero-order valence-electron chi connectivity index (χ0n) is 14.9. The molecular formula is C20H26N2O. The number of benzene rings is 1. The molecule has 2 aromatic rings. The van der Waals surface area contributed by atoms with E-state index in [1.54, 1.807) is 18.6 Å². The van der Waals surface area contributed by atoms with Crippen molar-refractivity contribution in [3.05, 3.63) is 53.3 Å². The van der Waals surface area contributed by atoms with E-state index >= 15 is 0 Å². The Morgan fingerprint density at radius 3 is 2.13 bits per heavy atom. The van der Waals surface area contributed by atoms with Gasteiger partial charge in [0.1, 0.15) is 5.75 Å². The van der Waals surface area contributed by atoms with Crippen molar-refractivity contribution in [3.63, 3.8) is 0 Å². The molecule has 2 rings (SSSR count). The van der Waals surface area contributed by atoms with Crippen molar-refractivity contribution in [1.82, 2.24) is 4.98 Å². The Morgan fingerprint density at radius 1 is 1.00 bits per heavy atom. The summed E-state index contributed by atoms with van der Waals surface area (Å²) < 4.78 is 0. The van der Waals surface area contributed by atoms with Crippen LogP contribution in [0.1, 0.15) is 58.2 Å². The van der Waals surface area contributed by atoms with Crippen molar-refractivity contribution in [2.45, 2.75) is 52.4 Å². The Hall–Kier alpha value is -2.16. The molecule has 3 heteroatoms. The van der Waals surface area contributed by atoms with Gasteiger partial charge in [0.05, 0.1) is 11.9 Å².